The molecular formula is C30H52N2O5. The van der Waals surface area contributed by atoms with Crippen molar-refractivity contribution in [2.24, 2.45) is 17.8 Å². The molecule has 0 aromatic rings. The molecule has 0 aliphatic heterocycles. The minimum absolute atomic E-state index is 0.0394. The molecule has 0 unspecified atom stereocenters. The fourth-order valence-corrected chi connectivity index (χ4v) is 6.32. The van der Waals surface area contributed by atoms with E-state index in [2.05, 4.69) is 24.5 Å². The average Bonchev–Trinajstić information content (AvgIpc) is 2.87. The summed E-state index contributed by atoms with van der Waals surface area (Å²) in [4.78, 5) is 37.4. The molecule has 37 heavy (non-hydrogen) atoms. The largest absolute Gasteiger partial charge is 0.378 e. The molecule has 0 atom stereocenters. The lowest BCUT2D eigenvalue weighted by atomic mass is 9.80. The van der Waals surface area contributed by atoms with Gasteiger partial charge in [-0.1, -0.05) is 13.8 Å². The van der Waals surface area contributed by atoms with E-state index >= 15 is 0 Å². The second-order valence-corrected chi connectivity index (χ2v) is 12.3. The summed E-state index contributed by atoms with van der Waals surface area (Å²) in [6, 6.07) is 0.373. The molecule has 3 aliphatic carbocycles. The van der Waals surface area contributed by atoms with Gasteiger partial charge in [-0.3, -0.25) is 14.4 Å². The molecule has 3 saturated carbocycles. The van der Waals surface area contributed by atoms with Gasteiger partial charge in [0.15, 0.2) is 0 Å². The number of carbonyl (C=O) groups is 3. The molecule has 3 fully saturated rings. The second-order valence-electron chi connectivity index (χ2n) is 12.3. The van der Waals surface area contributed by atoms with Crippen LogP contribution >= 0.6 is 0 Å². The first kappa shape index (κ1) is 30.1. The van der Waals surface area contributed by atoms with E-state index in [-0.39, 0.29) is 47.8 Å². The third-order valence-electron chi connectivity index (χ3n) is 8.50. The van der Waals surface area contributed by atoms with Crippen LogP contribution in [-0.2, 0) is 23.9 Å². The highest BCUT2D eigenvalue weighted by Crippen LogP contribution is 2.29. The molecule has 0 spiro atoms. The molecule has 0 heterocycles. The van der Waals surface area contributed by atoms with Crippen molar-refractivity contribution in [2.45, 2.75) is 148 Å². The zero-order valence-corrected chi connectivity index (χ0v) is 23.8. The summed E-state index contributed by atoms with van der Waals surface area (Å²) in [5.74, 6) is 0.928. The van der Waals surface area contributed by atoms with Crippen LogP contribution in [0.2, 0.25) is 0 Å². The summed E-state index contributed by atoms with van der Waals surface area (Å²) in [5.41, 5.74) is 0. The summed E-state index contributed by atoms with van der Waals surface area (Å²) >= 11 is 0. The number of hydrogen-bond donors (Lipinski definition) is 2. The maximum atomic E-state index is 12.8. The standard InChI is InChI=1S/C30H52N2O5/c1-20(2)29(34)22-7-11-25(12-8-22)32-30(35)23-9-13-24(14-10-23)31-28(33)6-5-19-36-26-15-17-27(18-16-26)37-21(3)4/h20-27H,5-19H2,1-4H3,(H,31,33)(H,32,35). The third-order valence-corrected chi connectivity index (χ3v) is 8.50. The number of rotatable bonds is 12. The van der Waals surface area contributed by atoms with Crippen LogP contribution in [0.4, 0.5) is 0 Å². The Morgan fingerprint density at radius 1 is 0.703 bits per heavy atom. The van der Waals surface area contributed by atoms with E-state index < -0.39 is 0 Å². The average molecular weight is 521 g/mol. The van der Waals surface area contributed by atoms with Crippen molar-refractivity contribution in [3.05, 3.63) is 0 Å². The molecule has 0 bridgehead atoms. The van der Waals surface area contributed by atoms with Crippen molar-refractivity contribution in [1.82, 2.24) is 10.6 Å². The number of ether oxygens (including phenoxy) is 2. The van der Waals surface area contributed by atoms with Crippen molar-refractivity contribution in [1.29, 1.82) is 0 Å². The molecule has 0 aromatic heterocycles. The van der Waals surface area contributed by atoms with Crippen molar-refractivity contribution in [3.63, 3.8) is 0 Å². The van der Waals surface area contributed by atoms with Gasteiger partial charge in [-0.15, -0.1) is 0 Å². The molecule has 7 nitrogen and oxygen atoms in total. The number of Topliss-reactive ketones (excluding diaryl/α,β-unsaturated/α-hetero) is 1. The topological polar surface area (TPSA) is 93.7 Å². The van der Waals surface area contributed by atoms with Gasteiger partial charge in [-0.25, -0.2) is 0 Å². The van der Waals surface area contributed by atoms with Crippen LogP contribution in [0.15, 0.2) is 0 Å². The zero-order chi connectivity index (χ0) is 26.8. The molecule has 3 aliphatic rings. The lowest BCUT2D eigenvalue weighted by Crippen LogP contribution is -2.44. The SMILES string of the molecule is CC(C)OC1CCC(OCCCC(=O)NC2CCC(C(=O)NC3CCC(C(=O)C(C)C)CC3)CC2)CC1. The Hall–Kier alpha value is -1.47. The Kier molecular flexibility index (Phi) is 12.4. The minimum Gasteiger partial charge on any atom is -0.378 e. The van der Waals surface area contributed by atoms with Crippen LogP contribution in [0.3, 0.4) is 0 Å². The van der Waals surface area contributed by atoms with E-state index in [4.69, 9.17) is 9.47 Å². The number of amides is 2. The predicted molar refractivity (Wildman–Crippen MR) is 145 cm³/mol. The fraction of sp³-hybridized carbons (Fsp3) is 0.900. The Morgan fingerprint density at radius 3 is 1.81 bits per heavy atom. The van der Waals surface area contributed by atoms with Gasteiger partial charge in [0.25, 0.3) is 0 Å². The first-order valence-corrected chi connectivity index (χ1v) is 15.1. The van der Waals surface area contributed by atoms with Crippen molar-refractivity contribution in [2.75, 3.05) is 6.61 Å². The maximum absolute atomic E-state index is 12.8. The molecule has 2 N–H and O–H groups in total. The first-order valence-electron chi connectivity index (χ1n) is 15.1. The third kappa shape index (κ3) is 10.3. The molecule has 2 amide bonds. The molecular weight excluding hydrogens is 468 g/mol. The van der Waals surface area contributed by atoms with Crippen LogP contribution in [0.25, 0.3) is 0 Å². The number of ketones is 1. The zero-order valence-electron chi connectivity index (χ0n) is 23.8. The van der Waals surface area contributed by atoms with E-state index in [9.17, 15) is 14.4 Å². The van der Waals surface area contributed by atoms with Crippen LogP contribution in [0.5, 0.6) is 0 Å². The van der Waals surface area contributed by atoms with Crippen molar-refractivity contribution < 1.29 is 23.9 Å². The molecule has 0 aromatic carbocycles. The van der Waals surface area contributed by atoms with Gasteiger partial charge in [-0.05, 0) is 97.3 Å². The highest BCUT2D eigenvalue weighted by atomic mass is 16.5. The fourth-order valence-electron chi connectivity index (χ4n) is 6.32. The van der Waals surface area contributed by atoms with Gasteiger partial charge in [-0.2, -0.15) is 0 Å². The Morgan fingerprint density at radius 2 is 1.24 bits per heavy atom. The van der Waals surface area contributed by atoms with Gasteiger partial charge in [0.2, 0.25) is 11.8 Å². The van der Waals surface area contributed by atoms with Crippen molar-refractivity contribution in [3.8, 4) is 0 Å². The summed E-state index contributed by atoms with van der Waals surface area (Å²) in [6.45, 7) is 8.75. The van der Waals surface area contributed by atoms with Crippen molar-refractivity contribution >= 4 is 17.6 Å². The molecule has 212 valence electrons. The second kappa shape index (κ2) is 15.2. The quantitative estimate of drug-likeness (QED) is 0.350. The highest BCUT2D eigenvalue weighted by molar-refractivity contribution is 5.83. The van der Waals surface area contributed by atoms with Gasteiger partial charge >= 0.3 is 0 Å². The van der Waals surface area contributed by atoms with E-state index in [0.717, 1.165) is 83.5 Å². The van der Waals surface area contributed by atoms with Gasteiger partial charge in [0, 0.05) is 42.9 Å². The molecule has 0 radical (unpaired) electrons. The smallest absolute Gasteiger partial charge is 0.223 e. The minimum atomic E-state index is 0.0394. The predicted octanol–water partition coefficient (Wildman–Crippen LogP) is 5.09. The summed E-state index contributed by atoms with van der Waals surface area (Å²) < 4.78 is 11.9. The van der Waals surface area contributed by atoms with E-state index in [1.165, 1.54) is 0 Å². The summed E-state index contributed by atoms with van der Waals surface area (Å²) in [6.07, 6.45) is 13.3. The summed E-state index contributed by atoms with van der Waals surface area (Å²) in [5, 5.41) is 6.42. The molecule has 0 saturated heterocycles. The number of nitrogens with one attached hydrogen (secondary N) is 2. The van der Waals surface area contributed by atoms with E-state index in [1.807, 2.05) is 13.8 Å². The Bertz CT molecular complexity index is 715. The molecule has 3 rings (SSSR count). The van der Waals surface area contributed by atoms with Crippen LogP contribution in [0, 0.1) is 17.8 Å². The van der Waals surface area contributed by atoms with Crippen LogP contribution < -0.4 is 10.6 Å². The lowest BCUT2D eigenvalue weighted by Gasteiger charge is -2.32. The number of carbonyl (C=O) groups excluding carboxylic acids is 3. The maximum Gasteiger partial charge on any atom is 0.223 e. The van der Waals surface area contributed by atoms with E-state index in [0.29, 0.717) is 31.0 Å². The Labute approximate surface area is 224 Å². The normalized spacial score (nSPS) is 30.8. The van der Waals surface area contributed by atoms with Crippen LogP contribution in [0.1, 0.15) is 118 Å². The highest BCUT2D eigenvalue weighted by Gasteiger charge is 2.31. The van der Waals surface area contributed by atoms with Gasteiger partial charge in [0.05, 0.1) is 18.3 Å². The lowest BCUT2D eigenvalue weighted by molar-refractivity contribution is -0.127. The first-order chi connectivity index (χ1) is 17.7. The van der Waals surface area contributed by atoms with Gasteiger partial charge < -0.3 is 20.1 Å². The number of hydrogen-bond acceptors (Lipinski definition) is 5. The van der Waals surface area contributed by atoms with E-state index in [1.54, 1.807) is 0 Å². The van der Waals surface area contributed by atoms with Gasteiger partial charge in [0.1, 0.15) is 5.78 Å². The van der Waals surface area contributed by atoms with Crippen LogP contribution in [-0.4, -0.2) is 54.6 Å². The molecule has 7 heteroatoms. The Balaban J connectivity index is 1.22. The monoisotopic (exact) mass is 520 g/mol. The summed E-state index contributed by atoms with van der Waals surface area (Å²) in [7, 11) is 0.